The molecule has 0 saturated carbocycles. The van der Waals surface area contributed by atoms with Crippen molar-refractivity contribution in [2.75, 3.05) is 13.1 Å². The highest BCUT2D eigenvalue weighted by molar-refractivity contribution is 6.35. The van der Waals surface area contributed by atoms with Crippen LogP contribution >= 0.6 is 23.2 Å². The van der Waals surface area contributed by atoms with Crippen molar-refractivity contribution < 1.29 is 14.6 Å². The van der Waals surface area contributed by atoms with E-state index in [9.17, 15) is 9.90 Å². The van der Waals surface area contributed by atoms with Gasteiger partial charge in [-0.25, -0.2) is 9.78 Å². The first-order valence-corrected chi connectivity index (χ1v) is 11.9. The van der Waals surface area contributed by atoms with E-state index in [4.69, 9.17) is 32.9 Å². The lowest BCUT2D eigenvalue weighted by atomic mass is 10.0. The van der Waals surface area contributed by atoms with Gasteiger partial charge in [-0.05, 0) is 59.2 Å². The molecular weight excluding hydrogens is 485 g/mol. The lowest BCUT2D eigenvalue weighted by Gasteiger charge is -2.16. The molecule has 0 saturated heterocycles. The van der Waals surface area contributed by atoms with Crippen LogP contribution in [0.3, 0.4) is 0 Å². The highest BCUT2D eigenvalue weighted by atomic mass is 35.5. The number of hydrogen-bond acceptors (Lipinski definition) is 4. The van der Waals surface area contributed by atoms with Gasteiger partial charge in [-0.2, -0.15) is 0 Å². The number of imidazole rings is 1. The predicted molar refractivity (Wildman–Crippen MR) is 138 cm³/mol. The number of hydrogen-bond donors (Lipinski definition) is 1. The van der Waals surface area contributed by atoms with Crippen molar-refractivity contribution in [3.63, 3.8) is 0 Å². The molecule has 1 aliphatic rings. The first-order chi connectivity index (χ1) is 16.9. The van der Waals surface area contributed by atoms with Gasteiger partial charge in [0.05, 0.1) is 28.2 Å². The Labute approximate surface area is 213 Å². The molecule has 0 atom stereocenters. The normalized spacial score (nSPS) is 13.9. The second-order valence-corrected chi connectivity index (χ2v) is 9.40. The summed E-state index contributed by atoms with van der Waals surface area (Å²) in [6, 6.07) is 18.5. The van der Waals surface area contributed by atoms with E-state index in [1.807, 2.05) is 23.7 Å². The SMILES string of the molecule is Cn1c(CN2CC=C(c3cccc(COc4ccc(Cl)cc4Cl)c3)C2)nc2ccc(C(=O)O)cc21. The van der Waals surface area contributed by atoms with Crippen molar-refractivity contribution in [1.29, 1.82) is 0 Å². The maximum Gasteiger partial charge on any atom is 0.335 e. The average molecular weight is 508 g/mol. The van der Waals surface area contributed by atoms with Gasteiger partial charge in [0.15, 0.2) is 0 Å². The van der Waals surface area contributed by atoms with Gasteiger partial charge < -0.3 is 14.4 Å². The van der Waals surface area contributed by atoms with Crippen LogP contribution < -0.4 is 4.74 Å². The zero-order valence-corrected chi connectivity index (χ0v) is 20.6. The monoisotopic (exact) mass is 507 g/mol. The molecule has 0 amide bonds. The summed E-state index contributed by atoms with van der Waals surface area (Å²) in [5.74, 6) is 0.566. The number of carboxylic acid groups (broad SMARTS) is 1. The van der Waals surface area contributed by atoms with E-state index >= 15 is 0 Å². The fourth-order valence-electron chi connectivity index (χ4n) is 4.27. The number of benzene rings is 3. The van der Waals surface area contributed by atoms with Gasteiger partial charge in [0.2, 0.25) is 0 Å². The summed E-state index contributed by atoms with van der Waals surface area (Å²) < 4.78 is 7.86. The highest BCUT2D eigenvalue weighted by Gasteiger charge is 2.19. The highest BCUT2D eigenvalue weighted by Crippen LogP contribution is 2.29. The Balaban J connectivity index is 1.25. The molecule has 2 heterocycles. The van der Waals surface area contributed by atoms with Crippen LogP contribution in [0.5, 0.6) is 5.75 Å². The van der Waals surface area contributed by atoms with E-state index in [1.54, 1.807) is 36.4 Å². The Morgan fingerprint density at radius 3 is 2.77 bits per heavy atom. The second kappa shape index (κ2) is 9.74. The van der Waals surface area contributed by atoms with Crippen molar-refractivity contribution in [3.8, 4) is 5.75 Å². The zero-order valence-electron chi connectivity index (χ0n) is 19.0. The Kier molecular flexibility index (Phi) is 6.52. The number of aromatic nitrogens is 2. The number of halogens is 2. The first kappa shape index (κ1) is 23.4. The van der Waals surface area contributed by atoms with Crippen LogP contribution in [0.1, 0.15) is 27.3 Å². The summed E-state index contributed by atoms with van der Waals surface area (Å²) >= 11 is 12.2. The number of carboxylic acids is 1. The second-order valence-electron chi connectivity index (χ2n) is 8.56. The van der Waals surface area contributed by atoms with Crippen molar-refractivity contribution in [3.05, 3.63) is 99.3 Å². The van der Waals surface area contributed by atoms with Gasteiger partial charge in [0.25, 0.3) is 0 Å². The van der Waals surface area contributed by atoms with E-state index in [2.05, 4.69) is 23.1 Å². The maximum atomic E-state index is 11.3. The summed E-state index contributed by atoms with van der Waals surface area (Å²) in [6.07, 6.45) is 2.24. The summed E-state index contributed by atoms with van der Waals surface area (Å²) in [6.45, 7) is 2.70. The number of ether oxygens (including phenoxy) is 1. The topological polar surface area (TPSA) is 67.6 Å². The molecule has 0 unspecified atom stereocenters. The number of carbonyl (C=O) groups is 1. The maximum absolute atomic E-state index is 11.3. The number of fused-ring (bicyclic) bond motifs is 1. The summed E-state index contributed by atoms with van der Waals surface area (Å²) in [5.41, 5.74) is 5.35. The molecule has 1 aliphatic heterocycles. The van der Waals surface area contributed by atoms with Gasteiger partial charge in [-0.1, -0.05) is 47.5 Å². The molecule has 1 aromatic heterocycles. The first-order valence-electron chi connectivity index (χ1n) is 11.1. The number of nitrogens with zero attached hydrogens (tertiary/aromatic N) is 3. The smallest absolute Gasteiger partial charge is 0.335 e. The fraction of sp³-hybridized carbons (Fsp3) is 0.185. The third-order valence-electron chi connectivity index (χ3n) is 6.16. The molecular formula is C27H23Cl2N3O3. The van der Waals surface area contributed by atoms with Crippen LogP contribution in [0.25, 0.3) is 16.6 Å². The van der Waals surface area contributed by atoms with Crippen molar-refractivity contribution >= 4 is 45.8 Å². The quantitative estimate of drug-likeness (QED) is 0.329. The zero-order chi connectivity index (χ0) is 24.5. The Hall–Kier alpha value is -3.32. The Morgan fingerprint density at radius 2 is 1.97 bits per heavy atom. The van der Waals surface area contributed by atoms with Crippen molar-refractivity contribution in [2.45, 2.75) is 13.2 Å². The third-order valence-corrected chi connectivity index (χ3v) is 6.69. The fourth-order valence-corrected chi connectivity index (χ4v) is 4.73. The van der Waals surface area contributed by atoms with E-state index in [0.29, 0.717) is 28.9 Å². The molecule has 35 heavy (non-hydrogen) atoms. The summed E-state index contributed by atoms with van der Waals surface area (Å²) in [5, 5.41) is 10.3. The van der Waals surface area contributed by atoms with Crippen molar-refractivity contribution in [2.24, 2.45) is 7.05 Å². The van der Waals surface area contributed by atoms with Gasteiger partial charge in [0.1, 0.15) is 18.2 Å². The van der Waals surface area contributed by atoms with Crippen LogP contribution in [0.15, 0.2) is 66.7 Å². The van der Waals surface area contributed by atoms with Gasteiger partial charge in [-0.15, -0.1) is 0 Å². The molecule has 0 aliphatic carbocycles. The number of aryl methyl sites for hydroxylation is 1. The summed E-state index contributed by atoms with van der Waals surface area (Å²) in [4.78, 5) is 18.3. The molecule has 5 rings (SSSR count). The van der Waals surface area contributed by atoms with Gasteiger partial charge >= 0.3 is 5.97 Å². The Morgan fingerprint density at radius 1 is 1.11 bits per heavy atom. The van der Waals surface area contributed by atoms with Crippen LogP contribution in [0.2, 0.25) is 10.0 Å². The minimum Gasteiger partial charge on any atom is -0.487 e. The minimum absolute atomic E-state index is 0.263. The van der Waals surface area contributed by atoms with Crippen molar-refractivity contribution in [1.82, 2.24) is 14.5 Å². The van der Waals surface area contributed by atoms with Crippen LogP contribution in [0, 0.1) is 0 Å². The molecule has 3 aromatic carbocycles. The molecule has 178 valence electrons. The minimum atomic E-state index is -0.938. The largest absolute Gasteiger partial charge is 0.487 e. The third kappa shape index (κ3) is 5.05. The van der Waals surface area contributed by atoms with Gasteiger partial charge in [0, 0.05) is 25.2 Å². The number of rotatable bonds is 7. The molecule has 4 aromatic rings. The van der Waals surface area contributed by atoms with E-state index < -0.39 is 5.97 Å². The molecule has 8 heteroatoms. The summed E-state index contributed by atoms with van der Waals surface area (Å²) in [7, 11) is 1.93. The van der Waals surface area contributed by atoms with Gasteiger partial charge in [-0.3, -0.25) is 4.90 Å². The molecule has 1 N–H and O–H groups in total. The van der Waals surface area contributed by atoms with Crippen LogP contribution in [0.4, 0.5) is 0 Å². The lowest BCUT2D eigenvalue weighted by molar-refractivity contribution is 0.0697. The standard InChI is InChI=1S/C27H23Cl2N3O3/c1-31-24-12-19(27(33)34)5-7-23(24)30-26(31)15-32-10-9-20(14-32)18-4-2-3-17(11-18)16-35-25-8-6-21(28)13-22(25)29/h2-9,11-13H,10,14-16H2,1H3,(H,33,34). The number of aromatic carboxylic acids is 1. The molecule has 0 bridgehead atoms. The average Bonchev–Trinajstić information content (AvgIpc) is 3.43. The molecule has 0 spiro atoms. The molecule has 0 radical (unpaired) electrons. The van der Waals surface area contributed by atoms with E-state index in [1.165, 1.54) is 5.57 Å². The lowest BCUT2D eigenvalue weighted by Crippen LogP contribution is -2.22. The van der Waals surface area contributed by atoms with E-state index in [0.717, 1.165) is 41.1 Å². The molecule has 6 nitrogen and oxygen atoms in total. The Bertz CT molecular complexity index is 1460. The van der Waals surface area contributed by atoms with E-state index in [-0.39, 0.29) is 5.56 Å². The van der Waals surface area contributed by atoms with Crippen LogP contribution in [-0.4, -0.2) is 38.6 Å². The van der Waals surface area contributed by atoms with Crippen LogP contribution in [-0.2, 0) is 20.2 Å². The molecule has 0 fully saturated rings. The predicted octanol–water partition coefficient (Wildman–Crippen LogP) is 6.06.